The van der Waals surface area contributed by atoms with Crippen molar-refractivity contribution in [3.8, 4) is 0 Å². The third kappa shape index (κ3) is 12.1. The van der Waals surface area contributed by atoms with Crippen LogP contribution in [-0.2, 0) is 0 Å². The van der Waals surface area contributed by atoms with Gasteiger partial charge in [0.15, 0.2) is 5.11 Å². The molecule has 0 saturated heterocycles. The summed E-state index contributed by atoms with van der Waals surface area (Å²) < 4.78 is 0. The van der Waals surface area contributed by atoms with Crippen LogP contribution in [0.15, 0.2) is 29.4 Å². The SMILES string of the molecule is CCCCCCCCCCCCNC(=S)NN=Cc1ccc([N+](=O)[O-])cc1. The Morgan fingerprint density at radius 3 is 2.15 bits per heavy atom. The van der Waals surface area contributed by atoms with Crippen LogP contribution in [0.1, 0.15) is 76.7 Å². The fourth-order valence-corrected chi connectivity index (χ4v) is 2.86. The molecule has 6 nitrogen and oxygen atoms in total. The number of nitrogens with one attached hydrogen (secondary N) is 2. The molecular formula is C20H32N4O2S. The number of benzene rings is 1. The summed E-state index contributed by atoms with van der Waals surface area (Å²) in [5.41, 5.74) is 3.59. The number of nitro groups is 1. The van der Waals surface area contributed by atoms with E-state index in [1.807, 2.05) is 0 Å². The molecule has 0 aliphatic heterocycles. The number of hydrazone groups is 1. The Kier molecular flexibility index (Phi) is 12.9. The number of hydrogen-bond acceptors (Lipinski definition) is 4. The minimum absolute atomic E-state index is 0.0637. The average molecular weight is 393 g/mol. The van der Waals surface area contributed by atoms with E-state index >= 15 is 0 Å². The quantitative estimate of drug-likeness (QED) is 0.147. The van der Waals surface area contributed by atoms with Crippen molar-refractivity contribution in [3.05, 3.63) is 39.9 Å². The van der Waals surface area contributed by atoms with Gasteiger partial charge in [0, 0.05) is 18.7 Å². The number of nitrogens with zero attached hydrogens (tertiary/aromatic N) is 2. The van der Waals surface area contributed by atoms with Crippen molar-refractivity contribution in [2.45, 2.75) is 71.1 Å². The summed E-state index contributed by atoms with van der Waals surface area (Å²) in [4.78, 5) is 10.2. The maximum absolute atomic E-state index is 10.6. The Morgan fingerprint density at radius 1 is 1.04 bits per heavy atom. The molecule has 0 heterocycles. The Morgan fingerprint density at radius 2 is 1.59 bits per heavy atom. The Labute approximate surface area is 168 Å². The zero-order chi connectivity index (χ0) is 19.7. The third-order valence-electron chi connectivity index (χ3n) is 4.30. The third-order valence-corrected chi connectivity index (χ3v) is 4.54. The molecule has 0 amide bonds. The zero-order valence-corrected chi connectivity index (χ0v) is 17.1. The van der Waals surface area contributed by atoms with Crippen LogP contribution in [0.5, 0.6) is 0 Å². The number of unbranched alkanes of at least 4 members (excludes halogenated alkanes) is 9. The number of hydrogen-bond donors (Lipinski definition) is 2. The van der Waals surface area contributed by atoms with Crippen molar-refractivity contribution in [2.24, 2.45) is 5.10 Å². The molecule has 0 aliphatic rings. The van der Waals surface area contributed by atoms with Gasteiger partial charge in [-0.15, -0.1) is 0 Å². The number of nitro benzene ring substituents is 1. The van der Waals surface area contributed by atoms with Gasteiger partial charge in [0.25, 0.3) is 5.69 Å². The van der Waals surface area contributed by atoms with Crippen LogP contribution >= 0.6 is 12.2 Å². The lowest BCUT2D eigenvalue weighted by atomic mass is 10.1. The van der Waals surface area contributed by atoms with Gasteiger partial charge >= 0.3 is 0 Å². The number of thiocarbonyl (C=S) groups is 1. The average Bonchev–Trinajstić information content (AvgIpc) is 2.66. The van der Waals surface area contributed by atoms with Crippen LogP contribution in [0.4, 0.5) is 5.69 Å². The van der Waals surface area contributed by atoms with E-state index in [-0.39, 0.29) is 5.69 Å². The van der Waals surface area contributed by atoms with Gasteiger partial charge in [-0.05, 0) is 36.3 Å². The maximum Gasteiger partial charge on any atom is 0.269 e. The Balaban J connectivity index is 2.00. The van der Waals surface area contributed by atoms with Gasteiger partial charge in [-0.2, -0.15) is 5.10 Å². The molecule has 0 aromatic heterocycles. The summed E-state index contributed by atoms with van der Waals surface area (Å²) in [6.07, 6.45) is 14.7. The molecule has 2 N–H and O–H groups in total. The lowest BCUT2D eigenvalue weighted by molar-refractivity contribution is -0.384. The summed E-state index contributed by atoms with van der Waals surface area (Å²) in [5, 5.41) is 18.3. The molecule has 0 atom stereocenters. The molecular weight excluding hydrogens is 360 g/mol. The van der Waals surface area contributed by atoms with Crippen LogP contribution < -0.4 is 10.7 Å². The standard InChI is InChI=1S/C20H32N4O2S/c1-2-3-4-5-6-7-8-9-10-11-16-21-20(27)23-22-17-18-12-14-19(15-13-18)24(25)26/h12-15,17H,2-11,16H2,1H3,(H2,21,23,27). The first-order chi connectivity index (χ1) is 13.1. The normalized spacial score (nSPS) is 10.9. The molecule has 0 spiro atoms. The summed E-state index contributed by atoms with van der Waals surface area (Å²) in [7, 11) is 0. The van der Waals surface area contributed by atoms with Crippen LogP contribution in [0.2, 0.25) is 0 Å². The fourth-order valence-electron chi connectivity index (χ4n) is 2.70. The van der Waals surface area contributed by atoms with Crippen molar-refractivity contribution in [1.82, 2.24) is 10.7 Å². The molecule has 150 valence electrons. The second-order valence-corrected chi connectivity index (χ2v) is 7.06. The molecule has 0 radical (unpaired) electrons. The smallest absolute Gasteiger partial charge is 0.269 e. The minimum atomic E-state index is -0.425. The molecule has 0 unspecified atom stereocenters. The molecule has 0 saturated carbocycles. The van der Waals surface area contributed by atoms with Crippen LogP contribution in [-0.4, -0.2) is 22.8 Å². The van der Waals surface area contributed by atoms with Gasteiger partial charge in [0.05, 0.1) is 11.1 Å². The van der Waals surface area contributed by atoms with Gasteiger partial charge in [-0.3, -0.25) is 15.5 Å². The van der Waals surface area contributed by atoms with E-state index in [4.69, 9.17) is 12.2 Å². The summed E-state index contributed by atoms with van der Waals surface area (Å²) in [5.74, 6) is 0. The maximum atomic E-state index is 10.6. The first-order valence-corrected chi connectivity index (χ1v) is 10.4. The van der Waals surface area contributed by atoms with Crippen molar-refractivity contribution in [1.29, 1.82) is 0 Å². The van der Waals surface area contributed by atoms with E-state index in [2.05, 4.69) is 22.8 Å². The molecule has 1 aromatic carbocycles. The van der Waals surface area contributed by atoms with Gasteiger partial charge in [0.2, 0.25) is 0 Å². The summed E-state index contributed by atoms with van der Waals surface area (Å²) in [6, 6.07) is 6.18. The highest BCUT2D eigenvalue weighted by Gasteiger charge is 2.02. The lowest BCUT2D eigenvalue weighted by Crippen LogP contribution is -2.32. The summed E-state index contributed by atoms with van der Waals surface area (Å²) >= 11 is 5.17. The molecule has 7 heteroatoms. The van der Waals surface area contributed by atoms with Gasteiger partial charge < -0.3 is 5.32 Å². The monoisotopic (exact) mass is 392 g/mol. The van der Waals surface area contributed by atoms with Crippen LogP contribution in [0.3, 0.4) is 0 Å². The van der Waals surface area contributed by atoms with E-state index in [1.165, 1.54) is 69.9 Å². The van der Waals surface area contributed by atoms with E-state index in [1.54, 1.807) is 18.3 Å². The predicted octanol–water partition coefficient (Wildman–Crippen LogP) is 5.31. The zero-order valence-electron chi connectivity index (χ0n) is 16.3. The summed E-state index contributed by atoms with van der Waals surface area (Å²) in [6.45, 7) is 3.09. The Hall–Kier alpha value is -2.02. The molecule has 0 aliphatic carbocycles. The highest BCUT2D eigenvalue weighted by atomic mass is 32.1. The van der Waals surface area contributed by atoms with Crippen molar-refractivity contribution in [2.75, 3.05) is 6.54 Å². The predicted molar refractivity (Wildman–Crippen MR) is 116 cm³/mol. The van der Waals surface area contributed by atoms with Gasteiger partial charge in [0.1, 0.15) is 0 Å². The molecule has 0 bridgehead atoms. The van der Waals surface area contributed by atoms with E-state index in [9.17, 15) is 10.1 Å². The van der Waals surface area contributed by atoms with Crippen LogP contribution in [0, 0.1) is 10.1 Å². The lowest BCUT2D eigenvalue weighted by Gasteiger charge is -2.07. The molecule has 1 rings (SSSR count). The molecule has 27 heavy (non-hydrogen) atoms. The second-order valence-electron chi connectivity index (χ2n) is 6.66. The second kappa shape index (κ2) is 15.1. The van der Waals surface area contributed by atoms with Crippen LogP contribution in [0.25, 0.3) is 0 Å². The first kappa shape index (κ1) is 23.0. The first-order valence-electron chi connectivity index (χ1n) is 9.95. The van der Waals surface area contributed by atoms with Crippen molar-refractivity contribution >= 4 is 29.2 Å². The topological polar surface area (TPSA) is 79.6 Å². The van der Waals surface area contributed by atoms with Gasteiger partial charge in [-0.1, -0.05) is 64.7 Å². The minimum Gasteiger partial charge on any atom is -0.361 e. The highest BCUT2D eigenvalue weighted by molar-refractivity contribution is 7.80. The molecule has 0 fully saturated rings. The van der Waals surface area contributed by atoms with Crippen molar-refractivity contribution < 1.29 is 4.92 Å². The Bertz CT molecular complexity index is 576. The van der Waals surface area contributed by atoms with E-state index < -0.39 is 4.92 Å². The number of rotatable bonds is 14. The molecule has 1 aromatic rings. The fraction of sp³-hybridized carbons (Fsp3) is 0.600. The van der Waals surface area contributed by atoms with E-state index in [0.717, 1.165) is 18.5 Å². The highest BCUT2D eigenvalue weighted by Crippen LogP contribution is 2.11. The van der Waals surface area contributed by atoms with E-state index in [0.29, 0.717) is 5.11 Å². The van der Waals surface area contributed by atoms with Gasteiger partial charge in [-0.25, -0.2) is 0 Å². The van der Waals surface area contributed by atoms with Crippen molar-refractivity contribution in [3.63, 3.8) is 0 Å². The number of non-ortho nitro benzene ring substituents is 1. The largest absolute Gasteiger partial charge is 0.361 e.